The number of methoxy groups -OCH3 is 2. The summed E-state index contributed by atoms with van der Waals surface area (Å²) < 4.78 is 54.5. The Labute approximate surface area is 456 Å². The largest absolute Gasteiger partial charge is 0.502 e. The van der Waals surface area contributed by atoms with E-state index in [9.17, 15) is 29.7 Å². The second-order valence-corrected chi connectivity index (χ2v) is 21.4. The number of phenols is 1. The minimum Gasteiger partial charge on any atom is -0.502 e. The van der Waals surface area contributed by atoms with Gasteiger partial charge in [0, 0.05) is 37.7 Å². The number of likely N-dealkylation sites (N-methyl/N-ethyl adjacent to an activating group) is 1. The van der Waals surface area contributed by atoms with E-state index in [1.165, 1.54) is 25.6 Å². The summed E-state index contributed by atoms with van der Waals surface area (Å²) in [5.74, 6) is -0.609. The number of aryl methyl sites for hydroxylation is 1. The number of anilines is 1. The number of aliphatic hydroxyl groups is 2. The number of carbonyl (C=O) groups excluding carboxylic acids is 2. The Balaban J connectivity index is 0.000000159. The molecule has 414 valence electrons. The van der Waals surface area contributed by atoms with Gasteiger partial charge in [-0.25, -0.2) is 4.98 Å². The van der Waals surface area contributed by atoms with Gasteiger partial charge < -0.3 is 73.1 Å². The second kappa shape index (κ2) is 21.4. The number of hydrogen-bond donors (Lipinski definition) is 4. The van der Waals surface area contributed by atoms with E-state index >= 15 is 0 Å². The van der Waals surface area contributed by atoms with Crippen molar-refractivity contribution < 1.29 is 67.5 Å². The average molecular weight is 1100 g/mol. The van der Waals surface area contributed by atoms with Crippen molar-refractivity contribution >= 4 is 55.1 Å². The zero-order chi connectivity index (χ0) is 54.8. The third-order valence-corrected chi connectivity index (χ3v) is 16.7. The van der Waals surface area contributed by atoms with Gasteiger partial charge in [0.1, 0.15) is 40.6 Å². The molecule has 10 unspecified atom stereocenters. The number of para-hydroxylation sites is 1. The number of pyridine rings is 2. The molecule has 5 aliphatic heterocycles. The Hall–Kier alpha value is -7.22. The van der Waals surface area contributed by atoms with Crippen LogP contribution in [0.15, 0.2) is 77.9 Å². The summed E-state index contributed by atoms with van der Waals surface area (Å²) in [5.41, 5.74) is 4.75. The van der Waals surface area contributed by atoms with Gasteiger partial charge >= 0.3 is 5.97 Å². The summed E-state index contributed by atoms with van der Waals surface area (Å²) in [4.78, 5) is 59.3. The van der Waals surface area contributed by atoms with Crippen LogP contribution in [-0.2, 0) is 35.0 Å². The first-order chi connectivity index (χ1) is 38.3. The maximum atomic E-state index is 13.7. The number of rotatable bonds is 9. The molecule has 79 heavy (non-hydrogen) atoms. The molecule has 1 amide bonds. The monoisotopic (exact) mass is 1100 g/mol. The van der Waals surface area contributed by atoms with E-state index in [0.717, 1.165) is 54.3 Å². The molecular weight excluding hydrogens is 1040 g/mol. The normalized spacial score (nSPS) is 26.4. The number of nitrogens with zero attached hydrogens (tertiary/aromatic N) is 6. The van der Waals surface area contributed by atoms with Crippen LogP contribution < -0.4 is 34.6 Å². The molecule has 1 aliphatic carbocycles. The number of aromatic nitrogens is 4. The van der Waals surface area contributed by atoms with Crippen molar-refractivity contribution in [1.29, 1.82) is 0 Å². The van der Waals surface area contributed by atoms with Crippen molar-refractivity contribution in [2.24, 2.45) is 11.8 Å². The number of carbonyl (C=O) groups is 2. The number of phenolic OH excluding ortho intramolecular Hbond substituents is 1. The van der Waals surface area contributed by atoms with Gasteiger partial charge in [0.05, 0.1) is 79.2 Å². The fourth-order valence-corrected chi connectivity index (χ4v) is 12.7. The van der Waals surface area contributed by atoms with E-state index < -0.39 is 72.7 Å². The highest BCUT2D eigenvalue weighted by molar-refractivity contribution is 7.24. The maximum absolute atomic E-state index is 13.7. The SMILES string of the molecule is COc1cc(C2c3cc4c(cc3C(OC3OC5COC(C)OC5C(O)C3O)C3COC(=O)C23)OCO4)cc(OC)c1O.Cc1cnc(CNC(=O)c2c(=O)c3ccc(N4CCCN(C)CC4)nc3n3c2sc2ccccc23)cn1. The predicted octanol–water partition coefficient (Wildman–Crippen LogP) is 4.57. The maximum Gasteiger partial charge on any atom is 0.310 e. The zero-order valence-electron chi connectivity index (χ0n) is 43.9. The van der Waals surface area contributed by atoms with E-state index in [4.69, 9.17) is 47.6 Å². The van der Waals surface area contributed by atoms with Crippen molar-refractivity contribution in [1.82, 2.24) is 29.6 Å². The highest BCUT2D eigenvalue weighted by Gasteiger charge is 2.56. The summed E-state index contributed by atoms with van der Waals surface area (Å²) >= 11 is 1.43. The van der Waals surface area contributed by atoms with Crippen LogP contribution in [0.3, 0.4) is 0 Å². The highest BCUT2D eigenvalue weighted by Crippen LogP contribution is 2.57. The second-order valence-electron chi connectivity index (χ2n) is 20.4. The minimum absolute atomic E-state index is 0.0301. The van der Waals surface area contributed by atoms with E-state index in [1.54, 1.807) is 43.6 Å². The number of aromatic hydroxyl groups is 1. The lowest BCUT2D eigenvalue weighted by molar-refractivity contribution is -0.364. The van der Waals surface area contributed by atoms with Gasteiger partial charge in [0.2, 0.25) is 18.0 Å². The molecule has 0 saturated carbocycles. The number of esters is 1. The van der Waals surface area contributed by atoms with Gasteiger partial charge in [0.15, 0.2) is 41.2 Å². The summed E-state index contributed by atoms with van der Waals surface area (Å²) in [6, 6.07) is 18.6. The number of cyclic esters (lactones) is 1. The smallest absolute Gasteiger partial charge is 0.310 e. The van der Waals surface area contributed by atoms with Gasteiger partial charge in [-0.2, -0.15) is 0 Å². The first kappa shape index (κ1) is 52.5. The van der Waals surface area contributed by atoms with Gasteiger partial charge in [-0.3, -0.25) is 28.8 Å². The topological polar surface area (TPSA) is 257 Å². The first-order valence-electron chi connectivity index (χ1n) is 26.1. The molecule has 4 saturated heterocycles. The molecule has 10 atom stereocenters. The number of benzene rings is 3. The standard InChI is InChI=1S/C29H32O13.C27H27N7O2S/c1-11-36-9-20-27(40-11)24(31)25(32)29(41-20)42-26-14-7-17-16(38-10-39-17)6-13(14)21(22-15(26)8-37-28(22)33)12-4-18(34-2)23(30)19(5-12)35-3;1-17-14-29-18(15-28-17)16-30-26(36)23-24(35)19-8-9-22(33-11-5-10-32(2)12-13-33)31-25(19)34-20-6-3-4-7-21(20)37-27(23)34/h4-7,11,15,20-22,24-27,29-32H,8-10H2,1-3H3;3-4,6-9,14-15H,5,10-13,16H2,1-2H3,(H,30,36). The molecule has 0 bridgehead atoms. The number of aliphatic hydroxyl groups excluding tert-OH is 2. The van der Waals surface area contributed by atoms with Crippen LogP contribution in [0.25, 0.3) is 26.1 Å². The number of hydrogen-bond acceptors (Lipinski definition) is 21. The van der Waals surface area contributed by atoms with Crippen molar-refractivity contribution in [2.75, 3.05) is 72.4 Å². The van der Waals surface area contributed by atoms with E-state index in [-0.39, 0.29) is 54.8 Å². The van der Waals surface area contributed by atoms with Crippen LogP contribution in [0, 0.1) is 18.8 Å². The molecule has 4 fully saturated rings. The average Bonchev–Trinajstić information content (AvgIpc) is 4.29. The van der Waals surface area contributed by atoms with Crippen molar-refractivity contribution in [3.05, 3.63) is 117 Å². The van der Waals surface area contributed by atoms with Crippen LogP contribution in [0.5, 0.6) is 28.7 Å². The van der Waals surface area contributed by atoms with Gasteiger partial charge in [-0.1, -0.05) is 12.1 Å². The molecule has 6 aliphatic rings. The van der Waals surface area contributed by atoms with Gasteiger partial charge in [0.25, 0.3) is 5.91 Å². The third-order valence-electron chi connectivity index (χ3n) is 15.6. The summed E-state index contributed by atoms with van der Waals surface area (Å²) in [7, 11) is 4.99. The molecule has 13 rings (SSSR count). The number of amides is 1. The number of nitrogens with one attached hydrogen (secondary N) is 1. The molecule has 22 nitrogen and oxygen atoms in total. The Bertz CT molecular complexity index is 3520. The fraction of sp³-hybridized carbons (Fsp3) is 0.429. The van der Waals surface area contributed by atoms with E-state index in [1.807, 2.05) is 47.7 Å². The molecule has 4 N–H and O–H groups in total. The number of thiazole rings is 1. The summed E-state index contributed by atoms with van der Waals surface area (Å²) in [6.45, 7) is 7.76. The lowest BCUT2D eigenvalue weighted by atomic mass is 9.66. The highest BCUT2D eigenvalue weighted by atomic mass is 32.1. The lowest BCUT2D eigenvalue weighted by Gasteiger charge is -2.47. The molecule has 0 radical (unpaired) electrons. The van der Waals surface area contributed by atoms with Crippen molar-refractivity contribution in [3.8, 4) is 28.7 Å². The van der Waals surface area contributed by atoms with Gasteiger partial charge in [-0.05, 0) is 99.1 Å². The van der Waals surface area contributed by atoms with Crippen LogP contribution in [0.2, 0.25) is 0 Å². The summed E-state index contributed by atoms with van der Waals surface area (Å²) in [5, 5.41) is 35.8. The molecule has 7 aromatic rings. The Kier molecular flexibility index (Phi) is 14.2. The third kappa shape index (κ3) is 9.60. The lowest BCUT2D eigenvalue weighted by Crippen LogP contribution is -2.63. The number of ether oxygens (including phenoxy) is 9. The van der Waals surface area contributed by atoms with Crippen LogP contribution >= 0.6 is 11.3 Å². The summed E-state index contributed by atoms with van der Waals surface area (Å²) in [6.07, 6.45) is -2.46. The molecule has 4 aromatic heterocycles. The zero-order valence-corrected chi connectivity index (χ0v) is 44.7. The molecule has 3 aromatic carbocycles. The van der Waals surface area contributed by atoms with Crippen LogP contribution in [0.1, 0.15) is 63.8 Å². The Morgan fingerprint density at radius 1 is 0.886 bits per heavy atom. The van der Waals surface area contributed by atoms with Crippen molar-refractivity contribution in [3.63, 3.8) is 0 Å². The Morgan fingerprint density at radius 3 is 2.42 bits per heavy atom. The first-order valence-corrected chi connectivity index (χ1v) is 27.0. The van der Waals surface area contributed by atoms with Crippen LogP contribution in [0.4, 0.5) is 5.82 Å². The van der Waals surface area contributed by atoms with Gasteiger partial charge in [-0.15, -0.1) is 11.3 Å². The molecule has 9 heterocycles. The minimum atomic E-state index is -1.44. The predicted molar refractivity (Wildman–Crippen MR) is 285 cm³/mol. The van der Waals surface area contributed by atoms with Crippen LogP contribution in [-0.4, -0.2) is 156 Å². The number of fused-ring (bicyclic) bond motifs is 9. The molecule has 23 heteroatoms. The molecule has 0 spiro atoms. The Morgan fingerprint density at radius 2 is 1.66 bits per heavy atom. The van der Waals surface area contributed by atoms with Crippen molar-refractivity contribution in [2.45, 2.75) is 75.8 Å². The van der Waals surface area contributed by atoms with E-state index in [2.05, 4.69) is 32.1 Å². The molecular formula is C56H59N7O15S. The van der Waals surface area contributed by atoms with E-state index in [0.29, 0.717) is 49.7 Å². The quantitative estimate of drug-likeness (QED) is 0.144. The fourth-order valence-electron chi connectivity index (χ4n) is 11.5.